The van der Waals surface area contributed by atoms with Crippen molar-refractivity contribution in [3.05, 3.63) is 33.3 Å². The number of carbonyl (C=O) groups is 2. The van der Waals surface area contributed by atoms with Crippen LogP contribution in [0.3, 0.4) is 0 Å². The molecule has 1 aromatic carbocycles. The quantitative estimate of drug-likeness (QED) is 0.688. The van der Waals surface area contributed by atoms with E-state index in [1.807, 2.05) is 27.7 Å². The maximum absolute atomic E-state index is 12.7. The summed E-state index contributed by atoms with van der Waals surface area (Å²) in [4.78, 5) is 28.4. The molecule has 7 heteroatoms. The van der Waals surface area contributed by atoms with Crippen LogP contribution in [0.5, 0.6) is 0 Å². The van der Waals surface area contributed by atoms with Crippen LogP contribution < -0.4 is 0 Å². The highest BCUT2D eigenvalue weighted by atomic mass is 79.9. The summed E-state index contributed by atoms with van der Waals surface area (Å²) in [7, 11) is 0. The van der Waals surface area contributed by atoms with Crippen molar-refractivity contribution in [3.8, 4) is 0 Å². The molecule has 132 valence electrons. The molecule has 1 aliphatic heterocycles. The molecule has 1 heterocycles. The number of carbonyl (C=O) groups excluding carboxylic acids is 2. The third kappa shape index (κ3) is 4.42. The Bertz CT molecular complexity index is 645. The first-order valence-corrected chi connectivity index (χ1v) is 9.00. The molecule has 1 atom stereocenters. The van der Waals surface area contributed by atoms with Gasteiger partial charge in [-0.15, -0.1) is 0 Å². The number of hydrogen-bond donors (Lipinski definition) is 0. The Labute approximate surface area is 156 Å². The molecule has 24 heavy (non-hydrogen) atoms. The molecule has 5 nitrogen and oxygen atoms in total. The Morgan fingerprint density at radius 3 is 2.54 bits per heavy atom. The lowest BCUT2D eigenvalue weighted by atomic mass is 10.1. The van der Waals surface area contributed by atoms with Crippen molar-refractivity contribution < 1.29 is 14.3 Å². The van der Waals surface area contributed by atoms with Gasteiger partial charge in [-0.3, -0.25) is 4.79 Å². The Hall–Kier alpha value is -1.27. The predicted octanol–water partition coefficient (Wildman–Crippen LogP) is 4.18. The molecule has 0 spiro atoms. The van der Waals surface area contributed by atoms with Gasteiger partial charge in [0.05, 0.1) is 10.6 Å². The van der Waals surface area contributed by atoms with Gasteiger partial charge in [-0.25, -0.2) is 4.79 Å². The maximum atomic E-state index is 12.7. The van der Waals surface area contributed by atoms with E-state index in [1.54, 1.807) is 28.0 Å². The van der Waals surface area contributed by atoms with Crippen molar-refractivity contribution in [2.75, 3.05) is 19.6 Å². The highest BCUT2D eigenvalue weighted by Crippen LogP contribution is 2.28. The zero-order valence-corrected chi connectivity index (χ0v) is 16.6. The Kier molecular flexibility index (Phi) is 5.81. The van der Waals surface area contributed by atoms with Crippen LogP contribution >= 0.6 is 27.5 Å². The number of piperazine rings is 1. The van der Waals surface area contributed by atoms with Crippen molar-refractivity contribution in [1.29, 1.82) is 0 Å². The maximum Gasteiger partial charge on any atom is 0.410 e. The summed E-state index contributed by atoms with van der Waals surface area (Å²) in [5.41, 5.74) is -0.00417. The molecular weight excluding hydrogens is 396 g/mol. The number of ether oxygens (including phenoxy) is 1. The molecule has 0 aliphatic carbocycles. The first-order valence-electron chi connectivity index (χ1n) is 7.83. The summed E-state index contributed by atoms with van der Waals surface area (Å²) in [6.07, 6.45) is -0.342. The van der Waals surface area contributed by atoms with E-state index in [9.17, 15) is 9.59 Å². The molecular formula is C17H22BrClN2O3. The molecule has 0 aromatic heterocycles. The molecule has 0 saturated carbocycles. The molecule has 1 fully saturated rings. The average Bonchev–Trinajstić information content (AvgIpc) is 2.47. The Balaban J connectivity index is 2.06. The van der Waals surface area contributed by atoms with Crippen LogP contribution in [-0.2, 0) is 4.74 Å². The molecule has 0 radical (unpaired) electrons. The number of halogens is 2. The lowest BCUT2D eigenvalue weighted by Crippen LogP contribution is -2.56. The summed E-state index contributed by atoms with van der Waals surface area (Å²) in [5, 5.41) is 0.501. The number of benzene rings is 1. The van der Waals surface area contributed by atoms with Crippen molar-refractivity contribution in [2.45, 2.75) is 39.3 Å². The average molecular weight is 418 g/mol. The summed E-state index contributed by atoms with van der Waals surface area (Å²) < 4.78 is 6.02. The Morgan fingerprint density at radius 1 is 1.29 bits per heavy atom. The number of rotatable bonds is 1. The molecule has 0 unspecified atom stereocenters. The van der Waals surface area contributed by atoms with Gasteiger partial charge in [0.25, 0.3) is 5.91 Å². The van der Waals surface area contributed by atoms with Gasteiger partial charge in [-0.1, -0.05) is 17.7 Å². The lowest BCUT2D eigenvalue weighted by Gasteiger charge is -2.40. The van der Waals surface area contributed by atoms with Gasteiger partial charge in [0.15, 0.2) is 0 Å². The third-order valence-electron chi connectivity index (χ3n) is 3.72. The second-order valence-corrected chi connectivity index (χ2v) is 8.08. The summed E-state index contributed by atoms with van der Waals surface area (Å²) >= 11 is 9.43. The van der Waals surface area contributed by atoms with Gasteiger partial charge in [-0.05, 0) is 55.8 Å². The third-order valence-corrected chi connectivity index (χ3v) is 5.12. The van der Waals surface area contributed by atoms with Crippen LogP contribution in [0.2, 0.25) is 5.02 Å². The van der Waals surface area contributed by atoms with Gasteiger partial charge in [0.1, 0.15) is 5.60 Å². The minimum Gasteiger partial charge on any atom is -0.444 e. The fraction of sp³-hybridized carbons (Fsp3) is 0.529. The molecule has 0 bridgehead atoms. The molecule has 1 aromatic rings. The van der Waals surface area contributed by atoms with Crippen LogP contribution in [0, 0.1) is 0 Å². The van der Waals surface area contributed by atoms with Gasteiger partial charge < -0.3 is 14.5 Å². The number of nitrogens with zero attached hydrogens (tertiary/aromatic N) is 2. The fourth-order valence-electron chi connectivity index (χ4n) is 2.57. The van der Waals surface area contributed by atoms with Gasteiger partial charge in [0, 0.05) is 30.1 Å². The zero-order chi connectivity index (χ0) is 18.1. The van der Waals surface area contributed by atoms with E-state index in [0.717, 1.165) is 0 Å². The van der Waals surface area contributed by atoms with Gasteiger partial charge in [0.2, 0.25) is 0 Å². The van der Waals surface area contributed by atoms with Gasteiger partial charge in [-0.2, -0.15) is 0 Å². The first-order chi connectivity index (χ1) is 11.1. The standard InChI is InChI=1S/C17H22BrClN2O3/c1-11-10-20(8-9-21(11)16(23)24-17(2,3)4)15(22)12-6-5-7-13(19)14(12)18/h5-7,11H,8-10H2,1-4H3/t11-/m1/s1. The van der Waals surface area contributed by atoms with Crippen LogP contribution in [0.15, 0.2) is 22.7 Å². The summed E-state index contributed by atoms with van der Waals surface area (Å²) in [5.74, 6) is -0.0972. The lowest BCUT2D eigenvalue weighted by molar-refractivity contribution is 0.00197. The van der Waals surface area contributed by atoms with E-state index < -0.39 is 5.60 Å². The minimum atomic E-state index is -0.532. The van der Waals surface area contributed by atoms with Crippen LogP contribution in [0.1, 0.15) is 38.1 Å². The number of amides is 2. The van der Waals surface area contributed by atoms with Crippen LogP contribution in [-0.4, -0.2) is 53.1 Å². The van der Waals surface area contributed by atoms with Crippen LogP contribution in [0.25, 0.3) is 0 Å². The van der Waals surface area contributed by atoms with E-state index in [2.05, 4.69) is 15.9 Å². The summed E-state index contributed by atoms with van der Waals surface area (Å²) in [6, 6.07) is 5.10. The van der Waals surface area contributed by atoms with E-state index in [1.165, 1.54) is 0 Å². The SMILES string of the molecule is C[C@@H]1CN(C(=O)c2cccc(Cl)c2Br)CCN1C(=O)OC(C)(C)C. The predicted molar refractivity (Wildman–Crippen MR) is 97.5 cm³/mol. The monoisotopic (exact) mass is 416 g/mol. The molecule has 0 N–H and O–H groups in total. The van der Waals surface area contributed by atoms with Crippen molar-refractivity contribution in [2.24, 2.45) is 0 Å². The second kappa shape index (κ2) is 7.31. The van der Waals surface area contributed by atoms with E-state index in [4.69, 9.17) is 16.3 Å². The fourth-order valence-corrected chi connectivity index (χ4v) is 3.18. The molecule has 2 rings (SSSR count). The van der Waals surface area contributed by atoms with E-state index >= 15 is 0 Å². The Morgan fingerprint density at radius 2 is 1.96 bits per heavy atom. The van der Waals surface area contributed by atoms with Gasteiger partial charge >= 0.3 is 6.09 Å². The normalized spacial score (nSPS) is 18.5. The molecule has 2 amide bonds. The summed E-state index contributed by atoms with van der Waals surface area (Å²) in [6.45, 7) is 8.79. The smallest absolute Gasteiger partial charge is 0.410 e. The number of hydrogen-bond acceptors (Lipinski definition) is 3. The minimum absolute atomic E-state index is 0.0972. The van der Waals surface area contributed by atoms with Crippen molar-refractivity contribution in [1.82, 2.24) is 9.80 Å². The van der Waals surface area contributed by atoms with E-state index in [0.29, 0.717) is 34.7 Å². The van der Waals surface area contributed by atoms with Crippen molar-refractivity contribution in [3.63, 3.8) is 0 Å². The highest BCUT2D eigenvalue weighted by molar-refractivity contribution is 9.10. The molecule has 1 saturated heterocycles. The van der Waals surface area contributed by atoms with E-state index in [-0.39, 0.29) is 18.0 Å². The zero-order valence-electron chi connectivity index (χ0n) is 14.3. The van der Waals surface area contributed by atoms with Crippen LogP contribution in [0.4, 0.5) is 4.79 Å². The van der Waals surface area contributed by atoms with Crippen molar-refractivity contribution >= 4 is 39.5 Å². The highest BCUT2D eigenvalue weighted by Gasteiger charge is 2.33. The largest absolute Gasteiger partial charge is 0.444 e. The second-order valence-electron chi connectivity index (χ2n) is 6.88. The topological polar surface area (TPSA) is 49.9 Å². The molecule has 1 aliphatic rings. The first kappa shape index (κ1) is 19.1.